The van der Waals surface area contributed by atoms with E-state index in [4.69, 9.17) is 4.74 Å². The molecule has 4 aromatic rings. The number of carbonyl (C=O) groups excluding carboxylic acids is 3. The van der Waals surface area contributed by atoms with Crippen molar-refractivity contribution < 1.29 is 19.1 Å². The highest BCUT2D eigenvalue weighted by atomic mass is 32.1. The van der Waals surface area contributed by atoms with E-state index >= 15 is 0 Å². The lowest BCUT2D eigenvalue weighted by atomic mass is 10.0. The summed E-state index contributed by atoms with van der Waals surface area (Å²) < 4.78 is 6.08. The SMILES string of the molecule is COC(=O)c1c(NC(=O)c2ccc(-c3nc4ccccc4s3)s2)sc2c1CCN(C(C)=O)C2. The van der Waals surface area contributed by atoms with Crippen LogP contribution in [0.25, 0.3) is 20.1 Å². The maximum absolute atomic E-state index is 13.1. The largest absolute Gasteiger partial charge is 0.465 e. The van der Waals surface area contributed by atoms with Crippen LogP contribution < -0.4 is 5.32 Å². The first kappa shape index (κ1) is 21.7. The number of nitrogens with zero attached hydrogens (tertiary/aromatic N) is 2. The number of hydrogen-bond acceptors (Lipinski definition) is 8. The molecule has 7 nitrogen and oxygen atoms in total. The summed E-state index contributed by atoms with van der Waals surface area (Å²) >= 11 is 4.27. The molecule has 0 atom stereocenters. The van der Waals surface area contributed by atoms with E-state index in [2.05, 4.69) is 10.3 Å². The summed E-state index contributed by atoms with van der Waals surface area (Å²) in [5.74, 6) is -0.792. The van der Waals surface area contributed by atoms with E-state index in [0.717, 1.165) is 30.5 Å². The zero-order valence-electron chi connectivity index (χ0n) is 17.8. The molecule has 33 heavy (non-hydrogen) atoms. The monoisotopic (exact) mass is 497 g/mol. The Bertz CT molecular complexity index is 1370. The third-order valence-corrected chi connectivity index (χ3v) is 8.88. The molecule has 1 aliphatic heterocycles. The molecule has 0 unspecified atom stereocenters. The number of ether oxygens (including phenoxy) is 1. The first-order chi connectivity index (χ1) is 15.9. The third-order valence-electron chi connectivity index (χ3n) is 5.45. The Morgan fingerprint density at radius 2 is 1.91 bits per heavy atom. The Hall–Kier alpha value is -3.08. The lowest BCUT2D eigenvalue weighted by Crippen LogP contribution is -2.33. The molecule has 4 heterocycles. The topological polar surface area (TPSA) is 88.6 Å². The smallest absolute Gasteiger partial charge is 0.341 e. The molecule has 0 spiro atoms. The summed E-state index contributed by atoms with van der Waals surface area (Å²) in [6.45, 7) is 2.49. The van der Waals surface area contributed by atoms with Gasteiger partial charge in [-0.3, -0.25) is 9.59 Å². The van der Waals surface area contributed by atoms with Gasteiger partial charge in [-0.25, -0.2) is 9.78 Å². The molecule has 0 saturated carbocycles. The number of anilines is 1. The van der Waals surface area contributed by atoms with E-state index in [-0.39, 0.29) is 11.8 Å². The summed E-state index contributed by atoms with van der Waals surface area (Å²) in [6, 6.07) is 11.6. The Labute approximate surface area is 201 Å². The zero-order valence-corrected chi connectivity index (χ0v) is 20.3. The van der Waals surface area contributed by atoms with E-state index in [0.29, 0.717) is 35.0 Å². The molecule has 168 valence electrons. The molecular weight excluding hydrogens is 478 g/mol. The maximum Gasteiger partial charge on any atom is 0.341 e. The second-order valence-corrected chi connectivity index (χ2v) is 10.7. The second-order valence-electron chi connectivity index (χ2n) is 7.49. The fourth-order valence-corrected chi connectivity index (χ4v) is 6.96. The van der Waals surface area contributed by atoms with E-state index in [9.17, 15) is 14.4 Å². The first-order valence-corrected chi connectivity index (χ1v) is 12.6. The summed E-state index contributed by atoms with van der Waals surface area (Å²) in [6.07, 6.45) is 0.548. The van der Waals surface area contributed by atoms with Gasteiger partial charge in [-0.2, -0.15) is 0 Å². The van der Waals surface area contributed by atoms with Gasteiger partial charge in [0.05, 0.1) is 39.2 Å². The summed E-state index contributed by atoms with van der Waals surface area (Å²) in [5.41, 5.74) is 2.17. The molecule has 0 aliphatic carbocycles. The minimum absolute atomic E-state index is 0.0137. The molecule has 1 N–H and O–H groups in total. The number of carbonyl (C=O) groups is 3. The van der Waals surface area contributed by atoms with Gasteiger partial charge in [0.25, 0.3) is 5.91 Å². The van der Waals surface area contributed by atoms with Crippen LogP contribution in [-0.4, -0.2) is 41.3 Å². The number of rotatable bonds is 4. The molecule has 5 rings (SSSR count). The van der Waals surface area contributed by atoms with Crippen LogP contribution in [0.15, 0.2) is 36.4 Å². The highest BCUT2D eigenvalue weighted by Crippen LogP contribution is 2.39. The number of thiophene rings is 2. The van der Waals surface area contributed by atoms with Crippen LogP contribution in [0, 0.1) is 0 Å². The zero-order chi connectivity index (χ0) is 23.1. The van der Waals surface area contributed by atoms with Gasteiger partial charge in [0.2, 0.25) is 5.91 Å². The van der Waals surface area contributed by atoms with Gasteiger partial charge in [-0.05, 0) is 36.2 Å². The van der Waals surface area contributed by atoms with Crippen molar-refractivity contribution in [1.29, 1.82) is 0 Å². The van der Waals surface area contributed by atoms with E-state index in [1.807, 2.05) is 30.3 Å². The van der Waals surface area contributed by atoms with E-state index in [1.54, 1.807) is 22.3 Å². The summed E-state index contributed by atoms with van der Waals surface area (Å²) in [7, 11) is 1.33. The van der Waals surface area contributed by atoms with Crippen molar-refractivity contribution in [2.75, 3.05) is 19.0 Å². The second kappa shape index (κ2) is 8.69. The molecule has 0 saturated heterocycles. The van der Waals surface area contributed by atoms with Gasteiger partial charge < -0.3 is 15.0 Å². The number of esters is 1. The molecule has 2 amide bonds. The predicted molar refractivity (Wildman–Crippen MR) is 131 cm³/mol. The van der Waals surface area contributed by atoms with Crippen molar-refractivity contribution in [2.45, 2.75) is 19.9 Å². The maximum atomic E-state index is 13.1. The fourth-order valence-electron chi connectivity index (χ4n) is 3.80. The average molecular weight is 498 g/mol. The van der Waals surface area contributed by atoms with Crippen molar-refractivity contribution in [1.82, 2.24) is 9.88 Å². The van der Waals surface area contributed by atoms with Gasteiger partial charge in [0.1, 0.15) is 10.0 Å². The number of para-hydroxylation sites is 1. The Kier molecular flexibility index (Phi) is 5.73. The molecule has 3 aromatic heterocycles. The van der Waals surface area contributed by atoms with Crippen LogP contribution in [0.2, 0.25) is 0 Å². The van der Waals surface area contributed by atoms with Crippen LogP contribution >= 0.6 is 34.0 Å². The number of aromatic nitrogens is 1. The average Bonchev–Trinajstić information content (AvgIpc) is 3.53. The van der Waals surface area contributed by atoms with E-state index in [1.165, 1.54) is 36.7 Å². The third kappa shape index (κ3) is 4.05. The van der Waals surface area contributed by atoms with Gasteiger partial charge in [-0.15, -0.1) is 34.0 Å². The minimum atomic E-state index is -0.486. The van der Waals surface area contributed by atoms with Gasteiger partial charge in [-0.1, -0.05) is 12.1 Å². The van der Waals surface area contributed by atoms with Gasteiger partial charge in [0.15, 0.2) is 0 Å². The number of thiazole rings is 1. The number of benzene rings is 1. The molecule has 10 heteroatoms. The Morgan fingerprint density at radius 1 is 1.09 bits per heavy atom. The normalized spacial score (nSPS) is 13.1. The van der Waals surface area contributed by atoms with E-state index < -0.39 is 5.97 Å². The van der Waals surface area contributed by atoms with Crippen molar-refractivity contribution in [3.8, 4) is 9.88 Å². The molecule has 1 aliphatic rings. The van der Waals surface area contributed by atoms with Crippen LogP contribution in [0.1, 0.15) is 37.4 Å². The lowest BCUT2D eigenvalue weighted by molar-refractivity contribution is -0.129. The van der Waals surface area contributed by atoms with Crippen LogP contribution in [-0.2, 0) is 22.5 Å². The number of amides is 2. The molecule has 0 radical (unpaired) electrons. The molecular formula is C23H19N3O4S3. The molecule has 0 bridgehead atoms. The van der Waals surface area contributed by atoms with Crippen molar-refractivity contribution in [3.05, 3.63) is 57.3 Å². The summed E-state index contributed by atoms with van der Waals surface area (Å²) in [4.78, 5) is 46.1. The number of fused-ring (bicyclic) bond motifs is 2. The molecule has 0 fully saturated rings. The van der Waals surface area contributed by atoms with Crippen molar-refractivity contribution >= 4 is 67.0 Å². The number of methoxy groups -OCH3 is 1. The predicted octanol–water partition coefficient (Wildman–Crippen LogP) is 5.03. The van der Waals surface area contributed by atoms with Crippen LogP contribution in [0.5, 0.6) is 0 Å². The number of nitrogens with one attached hydrogen (secondary N) is 1. The van der Waals surface area contributed by atoms with Crippen LogP contribution in [0.3, 0.4) is 0 Å². The highest BCUT2D eigenvalue weighted by molar-refractivity contribution is 7.26. The summed E-state index contributed by atoms with van der Waals surface area (Å²) in [5, 5.41) is 4.23. The Morgan fingerprint density at radius 3 is 2.67 bits per heavy atom. The lowest BCUT2D eigenvalue weighted by Gasteiger charge is -2.25. The molecule has 1 aromatic carbocycles. The van der Waals surface area contributed by atoms with Crippen LogP contribution in [0.4, 0.5) is 5.00 Å². The van der Waals surface area contributed by atoms with Gasteiger partial charge >= 0.3 is 5.97 Å². The Balaban J connectivity index is 1.42. The fraction of sp³-hybridized carbons (Fsp3) is 0.217. The minimum Gasteiger partial charge on any atom is -0.465 e. The quantitative estimate of drug-likeness (QED) is 0.400. The van der Waals surface area contributed by atoms with Crippen molar-refractivity contribution in [3.63, 3.8) is 0 Å². The number of hydrogen-bond donors (Lipinski definition) is 1. The van der Waals surface area contributed by atoms with Gasteiger partial charge in [0, 0.05) is 18.3 Å². The first-order valence-electron chi connectivity index (χ1n) is 10.2. The highest BCUT2D eigenvalue weighted by Gasteiger charge is 2.30. The van der Waals surface area contributed by atoms with Crippen molar-refractivity contribution in [2.24, 2.45) is 0 Å². The standard InChI is InChI=1S/C23H19N3O4S3/c1-12(27)26-10-9-13-18(11-26)33-22(19(13)23(29)30-2)25-20(28)16-7-8-17(31-16)21-24-14-5-3-4-6-15(14)32-21/h3-8H,9-11H2,1-2H3,(H,25,28).